The van der Waals surface area contributed by atoms with Crippen molar-refractivity contribution in [1.82, 2.24) is 4.98 Å². The molecule has 4 heteroatoms. The molecule has 0 unspecified atom stereocenters. The summed E-state index contributed by atoms with van der Waals surface area (Å²) in [4.78, 5) is 15.5. The van der Waals surface area contributed by atoms with Crippen LogP contribution in [0.25, 0.3) is 17.0 Å². The number of ether oxygens (including phenoxy) is 1. The van der Waals surface area contributed by atoms with Crippen LogP contribution in [0, 0.1) is 11.3 Å². The molecule has 18 heavy (non-hydrogen) atoms. The van der Waals surface area contributed by atoms with E-state index in [1.165, 1.54) is 13.2 Å². The Kier molecular flexibility index (Phi) is 3.35. The molecule has 2 aromatic rings. The Balaban J connectivity index is 2.46. The number of carbonyl (C=O) groups is 1. The van der Waals surface area contributed by atoms with Gasteiger partial charge in [-0.3, -0.25) is 4.98 Å². The number of fused-ring (bicyclic) bond motifs is 1. The number of methoxy groups -OCH3 is 1. The van der Waals surface area contributed by atoms with Gasteiger partial charge in [0.15, 0.2) is 0 Å². The van der Waals surface area contributed by atoms with Crippen molar-refractivity contribution in [3.63, 3.8) is 0 Å². The zero-order valence-corrected chi connectivity index (χ0v) is 9.75. The molecule has 0 aliphatic carbocycles. The van der Waals surface area contributed by atoms with Gasteiger partial charge in [-0.05, 0) is 23.8 Å². The Labute approximate surface area is 104 Å². The highest BCUT2D eigenvalue weighted by Crippen LogP contribution is 2.15. The van der Waals surface area contributed by atoms with Gasteiger partial charge in [-0.2, -0.15) is 5.26 Å². The van der Waals surface area contributed by atoms with Crippen molar-refractivity contribution in [2.24, 2.45) is 0 Å². The van der Waals surface area contributed by atoms with Crippen LogP contribution in [0.1, 0.15) is 5.56 Å². The second-order valence-corrected chi connectivity index (χ2v) is 3.62. The highest BCUT2D eigenvalue weighted by molar-refractivity contribution is 5.98. The second-order valence-electron chi connectivity index (χ2n) is 3.62. The van der Waals surface area contributed by atoms with Crippen LogP contribution in [-0.2, 0) is 9.53 Å². The van der Waals surface area contributed by atoms with E-state index in [9.17, 15) is 4.79 Å². The van der Waals surface area contributed by atoms with Crippen LogP contribution in [0.5, 0.6) is 0 Å². The van der Waals surface area contributed by atoms with E-state index in [4.69, 9.17) is 5.26 Å². The van der Waals surface area contributed by atoms with Crippen LogP contribution in [-0.4, -0.2) is 18.1 Å². The predicted molar refractivity (Wildman–Crippen MR) is 67.3 cm³/mol. The van der Waals surface area contributed by atoms with Crippen LogP contribution in [0.2, 0.25) is 0 Å². The van der Waals surface area contributed by atoms with E-state index in [0.29, 0.717) is 5.56 Å². The van der Waals surface area contributed by atoms with Gasteiger partial charge in [0.1, 0.15) is 11.6 Å². The highest BCUT2D eigenvalue weighted by atomic mass is 16.5. The molecule has 1 aromatic carbocycles. The summed E-state index contributed by atoms with van der Waals surface area (Å²) in [5, 5.41) is 9.81. The summed E-state index contributed by atoms with van der Waals surface area (Å²) in [7, 11) is 1.24. The van der Waals surface area contributed by atoms with Crippen LogP contribution < -0.4 is 0 Å². The predicted octanol–water partition coefficient (Wildman–Crippen LogP) is 2.31. The number of para-hydroxylation sites is 1. The smallest absolute Gasteiger partial charge is 0.348 e. The van der Waals surface area contributed by atoms with Crippen molar-refractivity contribution in [1.29, 1.82) is 5.26 Å². The third kappa shape index (κ3) is 2.36. The molecular formula is C14H10N2O2. The van der Waals surface area contributed by atoms with Gasteiger partial charge in [0.05, 0.1) is 12.6 Å². The maximum Gasteiger partial charge on any atom is 0.348 e. The first-order valence-electron chi connectivity index (χ1n) is 5.29. The largest absolute Gasteiger partial charge is 0.465 e. The summed E-state index contributed by atoms with van der Waals surface area (Å²) >= 11 is 0. The molecule has 0 aliphatic heterocycles. The maximum atomic E-state index is 11.3. The van der Waals surface area contributed by atoms with Crippen molar-refractivity contribution >= 4 is 22.9 Å². The van der Waals surface area contributed by atoms with E-state index in [0.717, 1.165) is 10.9 Å². The average molecular weight is 238 g/mol. The maximum absolute atomic E-state index is 11.3. The summed E-state index contributed by atoms with van der Waals surface area (Å²) in [6.45, 7) is 0. The summed E-state index contributed by atoms with van der Waals surface area (Å²) in [5.41, 5.74) is 1.51. The number of esters is 1. The zero-order valence-electron chi connectivity index (χ0n) is 9.75. The molecule has 1 heterocycles. The van der Waals surface area contributed by atoms with Crippen LogP contribution in [0.15, 0.2) is 42.1 Å². The summed E-state index contributed by atoms with van der Waals surface area (Å²) in [6, 6.07) is 11.3. The molecule has 0 saturated heterocycles. The molecule has 88 valence electrons. The number of aromatic nitrogens is 1. The second kappa shape index (κ2) is 5.11. The molecule has 0 atom stereocenters. The Bertz CT molecular complexity index is 669. The minimum absolute atomic E-state index is 0.0467. The molecule has 0 fully saturated rings. The molecule has 0 aliphatic rings. The van der Waals surface area contributed by atoms with E-state index in [2.05, 4.69) is 9.72 Å². The Hall–Kier alpha value is -2.67. The number of benzene rings is 1. The minimum Gasteiger partial charge on any atom is -0.465 e. The average Bonchev–Trinajstić information content (AvgIpc) is 2.43. The van der Waals surface area contributed by atoms with E-state index in [-0.39, 0.29) is 5.57 Å². The number of carbonyl (C=O) groups excluding carboxylic acids is 1. The van der Waals surface area contributed by atoms with Crippen molar-refractivity contribution in [3.05, 3.63) is 47.7 Å². The Morgan fingerprint density at radius 1 is 1.44 bits per heavy atom. The van der Waals surface area contributed by atoms with Gasteiger partial charge in [0, 0.05) is 11.6 Å². The lowest BCUT2D eigenvalue weighted by molar-refractivity contribution is -0.135. The van der Waals surface area contributed by atoms with Gasteiger partial charge in [-0.1, -0.05) is 18.2 Å². The SMILES string of the molecule is COC(=O)C(C#N)=Cc1cnc2ccccc2c1. The summed E-state index contributed by atoms with van der Waals surface area (Å²) in [6.07, 6.45) is 3.08. The highest BCUT2D eigenvalue weighted by Gasteiger charge is 2.08. The summed E-state index contributed by atoms with van der Waals surface area (Å²) in [5.74, 6) is -0.648. The van der Waals surface area contributed by atoms with Gasteiger partial charge in [-0.25, -0.2) is 4.79 Å². The third-order valence-electron chi connectivity index (χ3n) is 2.45. The van der Waals surface area contributed by atoms with Gasteiger partial charge in [0.25, 0.3) is 0 Å². The monoisotopic (exact) mass is 238 g/mol. The standard InChI is InChI=1S/C14H10N2O2/c1-18-14(17)12(8-15)7-10-6-11-4-2-3-5-13(11)16-9-10/h2-7,9H,1H3. The fraction of sp³-hybridized carbons (Fsp3) is 0.0714. The van der Waals surface area contributed by atoms with Crippen LogP contribution >= 0.6 is 0 Å². The first-order chi connectivity index (χ1) is 8.74. The third-order valence-corrected chi connectivity index (χ3v) is 2.45. The van der Waals surface area contributed by atoms with Crippen LogP contribution in [0.3, 0.4) is 0 Å². The van der Waals surface area contributed by atoms with Gasteiger partial charge in [-0.15, -0.1) is 0 Å². The lowest BCUT2D eigenvalue weighted by Gasteiger charge is -1.99. The quantitative estimate of drug-likeness (QED) is 0.457. The fourth-order valence-corrected chi connectivity index (χ4v) is 1.58. The minimum atomic E-state index is -0.648. The molecule has 2 rings (SSSR count). The molecule has 0 N–H and O–H groups in total. The van der Waals surface area contributed by atoms with E-state index in [1.807, 2.05) is 36.4 Å². The number of nitrogens with zero attached hydrogens (tertiary/aromatic N) is 2. The molecule has 4 nitrogen and oxygen atoms in total. The number of hydrogen-bond acceptors (Lipinski definition) is 4. The zero-order chi connectivity index (χ0) is 13.0. The van der Waals surface area contributed by atoms with Crippen LogP contribution in [0.4, 0.5) is 0 Å². The number of pyridine rings is 1. The van der Waals surface area contributed by atoms with Gasteiger partial charge in [0.2, 0.25) is 0 Å². The van der Waals surface area contributed by atoms with Crippen molar-refractivity contribution in [2.75, 3.05) is 7.11 Å². The van der Waals surface area contributed by atoms with Crippen molar-refractivity contribution in [2.45, 2.75) is 0 Å². The summed E-state index contributed by atoms with van der Waals surface area (Å²) < 4.78 is 4.51. The number of rotatable bonds is 2. The van der Waals surface area contributed by atoms with Gasteiger partial charge >= 0.3 is 5.97 Å². The lowest BCUT2D eigenvalue weighted by atomic mass is 10.1. The molecule has 0 bridgehead atoms. The number of nitriles is 1. The first kappa shape index (κ1) is 11.8. The molecule has 0 spiro atoms. The Morgan fingerprint density at radius 3 is 2.94 bits per heavy atom. The van der Waals surface area contributed by atoms with E-state index < -0.39 is 5.97 Å². The molecular weight excluding hydrogens is 228 g/mol. The van der Waals surface area contributed by atoms with Crippen molar-refractivity contribution < 1.29 is 9.53 Å². The topological polar surface area (TPSA) is 63.0 Å². The number of hydrogen-bond donors (Lipinski definition) is 0. The van der Waals surface area contributed by atoms with Gasteiger partial charge < -0.3 is 4.74 Å². The lowest BCUT2D eigenvalue weighted by Crippen LogP contribution is -2.02. The Morgan fingerprint density at radius 2 is 2.22 bits per heavy atom. The fourth-order valence-electron chi connectivity index (χ4n) is 1.58. The molecule has 0 amide bonds. The molecule has 0 radical (unpaired) electrons. The van der Waals surface area contributed by atoms with E-state index in [1.54, 1.807) is 6.20 Å². The van der Waals surface area contributed by atoms with Crippen molar-refractivity contribution in [3.8, 4) is 6.07 Å². The van der Waals surface area contributed by atoms with E-state index >= 15 is 0 Å². The normalized spacial score (nSPS) is 11.0. The molecule has 0 saturated carbocycles. The first-order valence-corrected chi connectivity index (χ1v) is 5.29. The molecule has 1 aromatic heterocycles.